The van der Waals surface area contributed by atoms with E-state index in [1.54, 1.807) is 0 Å². The Morgan fingerprint density at radius 2 is 1.96 bits per heavy atom. The molecule has 3 rings (SSSR count). The molecule has 6 heteroatoms. The second-order valence-electron chi connectivity index (χ2n) is 7.01. The maximum Gasteiger partial charge on any atom is 0.243 e. The number of likely N-dealkylation sites (tertiary alicyclic amines) is 1. The van der Waals surface area contributed by atoms with Crippen molar-refractivity contribution in [1.29, 1.82) is 0 Å². The van der Waals surface area contributed by atoms with Crippen molar-refractivity contribution in [1.82, 2.24) is 14.8 Å². The molecule has 1 saturated heterocycles. The van der Waals surface area contributed by atoms with E-state index in [-0.39, 0.29) is 24.4 Å². The van der Waals surface area contributed by atoms with Gasteiger partial charge in [0.25, 0.3) is 0 Å². The predicted octanol–water partition coefficient (Wildman–Crippen LogP) is 2.48. The lowest BCUT2D eigenvalue weighted by Gasteiger charge is -2.24. The first-order valence-corrected chi connectivity index (χ1v) is 9.58. The number of nitrogens with zero attached hydrogens (tertiary/aromatic N) is 2. The highest BCUT2D eigenvalue weighted by atomic mass is 16.2. The highest BCUT2D eigenvalue weighted by Gasteiger charge is 2.28. The number of hydrogen-bond donors (Lipinski definition) is 2. The summed E-state index contributed by atoms with van der Waals surface area (Å²) in [7, 11) is 2.03. The van der Waals surface area contributed by atoms with Gasteiger partial charge in [0.2, 0.25) is 11.8 Å². The van der Waals surface area contributed by atoms with Gasteiger partial charge in [-0.1, -0.05) is 25.1 Å². The number of aromatic nitrogens is 1. The lowest BCUT2D eigenvalue weighted by molar-refractivity contribution is -0.125. The number of benzene rings is 1. The van der Waals surface area contributed by atoms with E-state index in [2.05, 4.69) is 26.2 Å². The van der Waals surface area contributed by atoms with E-state index in [0.29, 0.717) is 6.54 Å². The zero-order valence-corrected chi connectivity index (χ0v) is 16.1. The second-order valence-corrected chi connectivity index (χ2v) is 7.01. The van der Waals surface area contributed by atoms with Crippen LogP contribution in [0.2, 0.25) is 0 Å². The number of aryl methyl sites for hydroxylation is 2. The van der Waals surface area contributed by atoms with Crippen molar-refractivity contribution in [3.05, 3.63) is 53.9 Å². The normalized spacial score (nSPS) is 17.0. The molecule has 1 fully saturated rings. The van der Waals surface area contributed by atoms with Gasteiger partial charge in [-0.3, -0.25) is 14.5 Å². The summed E-state index contributed by atoms with van der Waals surface area (Å²) >= 11 is 0. The number of nitrogens with one attached hydrogen (secondary N) is 2. The van der Waals surface area contributed by atoms with Gasteiger partial charge in [0.1, 0.15) is 0 Å². The molecule has 144 valence electrons. The molecule has 1 aliphatic heterocycles. The van der Waals surface area contributed by atoms with Crippen LogP contribution in [0.25, 0.3) is 0 Å². The summed E-state index contributed by atoms with van der Waals surface area (Å²) in [4.78, 5) is 26.7. The first-order valence-electron chi connectivity index (χ1n) is 9.58. The molecule has 0 radical (unpaired) electrons. The van der Waals surface area contributed by atoms with Crippen LogP contribution in [-0.4, -0.2) is 40.9 Å². The number of carbonyl (C=O) groups excluding carboxylic acids is 2. The first kappa shape index (κ1) is 19.2. The minimum atomic E-state index is -0.204. The molecular formula is C21H28N4O2. The number of amides is 2. The summed E-state index contributed by atoms with van der Waals surface area (Å²) in [5, 5.41) is 5.63. The van der Waals surface area contributed by atoms with Crippen LogP contribution in [0.3, 0.4) is 0 Å². The predicted molar refractivity (Wildman–Crippen MR) is 106 cm³/mol. The van der Waals surface area contributed by atoms with Gasteiger partial charge in [-0.05, 0) is 49.6 Å². The fourth-order valence-corrected chi connectivity index (χ4v) is 3.73. The maximum absolute atomic E-state index is 12.3. The fraction of sp³-hybridized carbons (Fsp3) is 0.429. The summed E-state index contributed by atoms with van der Waals surface area (Å²) in [6.07, 6.45) is 5.01. The Hall–Kier alpha value is -2.60. The van der Waals surface area contributed by atoms with E-state index in [0.717, 1.165) is 37.1 Å². The molecule has 2 amide bonds. The molecule has 2 N–H and O–H groups in total. The highest BCUT2D eigenvalue weighted by Crippen LogP contribution is 2.31. The van der Waals surface area contributed by atoms with E-state index >= 15 is 0 Å². The Kier molecular flexibility index (Phi) is 6.29. The Morgan fingerprint density at radius 3 is 2.70 bits per heavy atom. The van der Waals surface area contributed by atoms with Crippen LogP contribution in [0.5, 0.6) is 0 Å². The minimum absolute atomic E-state index is 0.0143. The molecule has 0 spiro atoms. The largest absolute Gasteiger partial charge is 0.353 e. The van der Waals surface area contributed by atoms with Crippen LogP contribution >= 0.6 is 0 Å². The summed E-state index contributed by atoms with van der Waals surface area (Å²) in [6.45, 7) is 3.25. The van der Waals surface area contributed by atoms with Crippen LogP contribution < -0.4 is 10.6 Å². The second kappa shape index (κ2) is 8.86. The molecule has 2 heterocycles. The average Bonchev–Trinajstić information content (AvgIpc) is 3.28. The van der Waals surface area contributed by atoms with Gasteiger partial charge in [-0.25, -0.2) is 0 Å². The van der Waals surface area contributed by atoms with Crippen molar-refractivity contribution in [2.24, 2.45) is 7.05 Å². The molecule has 1 atom stereocenters. The summed E-state index contributed by atoms with van der Waals surface area (Å²) in [6, 6.07) is 12.1. The quantitative estimate of drug-likeness (QED) is 0.789. The number of para-hydroxylation sites is 1. The monoisotopic (exact) mass is 368 g/mol. The molecule has 1 aromatic carbocycles. The summed E-state index contributed by atoms with van der Waals surface area (Å²) in [5.41, 5.74) is 3.12. The third kappa shape index (κ3) is 4.77. The first-order chi connectivity index (χ1) is 13.1. The number of hydrogen-bond acceptors (Lipinski definition) is 3. The van der Waals surface area contributed by atoms with E-state index in [9.17, 15) is 9.59 Å². The molecule has 2 aromatic rings. The van der Waals surface area contributed by atoms with Crippen LogP contribution in [0, 0.1) is 0 Å². The third-order valence-electron chi connectivity index (χ3n) is 5.15. The van der Waals surface area contributed by atoms with Crippen molar-refractivity contribution in [3.8, 4) is 0 Å². The van der Waals surface area contributed by atoms with Crippen molar-refractivity contribution >= 4 is 17.5 Å². The molecule has 27 heavy (non-hydrogen) atoms. The third-order valence-corrected chi connectivity index (χ3v) is 5.15. The van der Waals surface area contributed by atoms with Crippen molar-refractivity contribution < 1.29 is 9.59 Å². The molecule has 0 unspecified atom stereocenters. The Labute approximate surface area is 160 Å². The molecule has 0 saturated carbocycles. The maximum atomic E-state index is 12.3. The van der Waals surface area contributed by atoms with Gasteiger partial charge in [0.05, 0.1) is 19.1 Å². The fourth-order valence-electron chi connectivity index (χ4n) is 3.73. The van der Waals surface area contributed by atoms with Gasteiger partial charge >= 0.3 is 0 Å². The van der Waals surface area contributed by atoms with Gasteiger partial charge in [-0.2, -0.15) is 0 Å². The van der Waals surface area contributed by atoms with E-state index in [1.165, 1.54) is 5.69 Å². The van der Waals surface area contributed by atoms with E-state index in [1.807, 2.05) is 50.5 Å². The van der Waals surface area contributed by atoms with Crippen LogP contribution in [0.4, 0.5) is 5.69 Å². The number of anilines is 1. The SMILES string of the molecule is CCc1ccccc1NC(=O)CNC(=O)CN1CCC[C@@H]1c1cccn1C. The lowest BCUT2D eigenvalue weighted by Crippen LogP contribution is -2.40. The molecule has 1 aliphatic rings. The Morgan fingerprint density at radius 1 is 1.15 bits per heavy atom. The molecule has 0 bridgehead atoms. The lowest BCUT2D eigenvalue weighted by atomic mass is 10.1. The molecule has 6 nitrogen and oxygen atoms in total. The van der Waals surface area contributed by atoms with Crippen LogP contribution in [0.1, 0.15) is 37.1 Å². The standard InChI is InChI=1S/C21H28N4O2/c1-3-16-8-4-5-9-17(16)23-20(26)14-22-21(27)15-25-13-7-11-19(25)18-10-6-12-24(18)2/h4-6,8-10,12,19H,3,7,11,13-15H2,1-2H3,(H,22,27)(H,23,26)/t19-/m1/s1. The smallest absolute Gasteiger partial charge is 0.243 e. The Bertz CT molecular complexity index is 799. The van der Waals surface area contributed by atoms with E-state index < -0.39 is 0 Å². The minimum Gasteiger partial charge on any atom is -0.353 e. The van der Waals surface area contributed by atoms with Crippen molar-refractivity contribution in [2.75, 3.05) is 25.0 Å². The Balaban J connectivity index is 1.49. The van der Waals surface area contributed by atoms with Gasteiger partial charge in [0.15, 0.2) is 0 Å². The average molecular weight is 368 g/mol. The van der Waals surface area contributed by atoms with Gasteiger partial charge < -0.3 is 15.2 Å². The zero-order chi connectivity index (χ0) is 19.2. The molecular weight excluding hydrogens is 340 g/mol. The number of carbonyl (C=O) groups is 2. The summed E-state index contributed by atoms with van der Waals surface area (Å²) in [5.74, 6) is -0.320. The van der Waals surface area contributed by atoms with E-state index in [4.69, 9.17) is 0 Å². The van der Waals surface area contributed by atoms with Crippen molar-refractivity contribution in [3.63, 3.8) is 0 Å². The van der Waals surface area contributed by atoms with Gasteiger partial charge in [0, 0.05) is 24.6 Å². The van der Waals surface area contributed by atoms with Crippen molar-refractivity contribution in [2.45, 2.75) is 32.2 Å². The zero-order valence-electron chi connectivity index (χ0n) is 16.1. The highest BCUT2D eigenvalue weighted by molar-refractivity contribution is 5.95. The van der Waals surface area contributed by atoms with Crippen LogP contribution in [0.15, 0.2) is 42.6 Å². The molecule has 1 aromatic heterocycles. The van der Waals surface area contributed by atoms with Crippen LogP contribution in [-0.2, 0) is 23.1 Å². The molecule has 0 aliphatic carbocycles. The topological polar surface area (TPSA) is 66.4 Å². The summed E-state index contributed by atoms with van der Waals surface area (Å²) < 4.78 is 2.11. The number of rotatable bonds is 7. The van der Waals surface area contributed by atoms with Gasteiger partial charge in [-0.15, -0.1) is 0 Å².